The molecule has 0 aliphatic carbocycles. The molecule has 6 nitrogen and oxygen atoms in total. The Morgan fingerprint density at radius 2 is 1.76 bits per heavy atom. The van der Waals surface area contributed by atoms with Gasteiger partial charge in [0.2, 0.25) is 5.91 Å². The molecule has 2 aliphatic rings. The maximum Gasteiger partial charge on any atom is 0.267 e. The minimum atomic E-state index is -0.405. The maximum atomic E-state index is 13.6. The number of nitrogens with zero attached hydrogens (tertiary/aromatic N) is 3. The van der Waals surface area contributed by atoms with Gasteiger partial charge in [-0.05, 0) is 42.5 Å². The molecule has 34 heavy (non-hydrogen) atoms. The summed E-state index contributed by atoms with van der Waals surface area (Å²) in [6.07, 6.45) is 3.90. The number of unbranched alkanes of at least 4 members (excludes halogenated alkanes) is 1. The van der Waals surface area contributed by atoms with E-state index in [1.807, 2.05) is 30.3 Å². The molecule has 0 N–H and O–H groups in total. The van der Waals surface area contributed by atoms with E-state index in [0.29, 0.717) is 43.4 Å². The highest BCUT2D eigenvalue weighted by molar-refractivity contribution is 8.05. The van der Waals surface area contributed by atoms with Gasteiger partial charge in [0.05, 0.1) is 18.5 Å². The van der Waals surface area contributed by atoms with Crippen molar-refractivity contribution in [1.29, 1.82) is 5.26 Å². The zero-order chi connectivity index (χ0) is 23.9. The third-order valence-corrected chi connectivity index (χ3v) is 7.33. The third kappa shape index (κ3) is 5.35. The lowest BCUT2D eigenvalue weighted by atomic mass is 10.0. The van der Waals surface area contributed by atoms with E-state index in [9.17, 15) is 14.9 Å². The van der Waals surface area contributed by atoms with E-state index in [1.54, 1.807) is 9.80 Å². The van der Waals surface area contributed by atoms with Crippen LogP contribution in [-0.2, 0) is 27.2 Å². The number of carbonyl (C=O) groups excluding carboxylic acids is 2. The predicted molar refractivity (Wildman–Crippen MR) is 134 cm³/mol. The van der Waals surface area contributed by atoms with Gasteiger partial charge in [0.1, 0.15) is 16.7 Å². The molecule has 2 heterocycles. The largest absolute Gasteiger partial charge is 0.378 e. The average Bonchev–Trinajstić information content (AvgIpc) is 3.20. The lowest BCUT2D eigenvalue weighted by molar-refractivity contribution is -0.130. The highest BCUT2D eigenvalue weighted by atomic mass is 32.2. The average molecular weight is 476 g/mol. The van der Waals surface area contributed by atoms with Crippen LogP contribution in [0.25, 0.3) is 0 Å². The number of nitriles is 1. The first-order chi connectivity index (χ1) is 16.6. The van der Waals surface area contributed by atoms with Crippen LogP contribution >= 0.6 is 11.8 Å². The van der Waals surface area contributed by atoms with Crippen LogP contribution < -0.4 is 4.90 Å². The number of thioether (sulfide) groups is 1. The topological polar surface area (TPSA) is 73.6 Å². The van der Waals surface area contributed by atoms with Crippen molar-refractivity contribution in [3.8, 4) is 6.07 Å². The van der Waals surface area contributed by atoms with Gasteiger partial charge in [-0.3, -0.25) is 14.5 Å². The molecule has 0 radical (unpaired) electrons. The third-order valence-electron chi connectivity index (χ3n) is 6.07. The second-order valence-corrected chi connectivity index (χ2v) is 9.63. The zero-order valence-electron chi connectivity index (χ0n) is 19.4. The number of aryl methyl sites for hydroxylation is 1. The van der Waals surface area contributed by atoms with Crippen molar-refractivity contribution in [1.82, 2.24) is 4.90 Å². The van der Waals surface area contributed by atoms with Crippen LogP contribution in [0.3, 0.4) is 0 Å². The molecule has 0 bridgehead atoms. The standard InChI is InChI=1S/C27H29N3O3S/c1-2-3-7-20-10-12-21(13-11-20)18-24-26(32)30(22-8-5-4-6-9-22)27(34-24)23(19-28)25(31)29-14-16-33-17-15-29/h4-6,8-13,24H,2-3,7,14-18H2,1H3/b27-23+/t24-/m0/s1. The summed E-state index contributed by atoms with van der Waals surface area (Å²) in [5.41, 5.74) is 3.04. The van der Waals surface area contributed by atoms with Crippen LogP contribution in [-0.4, -0.2) is 48.3 Å². The molecule has 2 saturated heterocycles. The van der Waals surface area contributed by atoms with E-state index in [-0.39, 0.29) is 17.4 Å². The van der Waals surface area contributed by atoms with Crippen molar-refractivity contribution < 1.29 is 14.3 Å². The van der Waals surface area contributed by atoms with Gasteiger partial charge < -0.3 is 9.64 Å². The molecule has 0 saturated carbocycles. The molecule has 0 spiro atoms. The molecule has 2 aromatic rings. The number of hydrogen-bond donors (Lipinski definition) is 0. The number of benzene rings is 2. The molecule has 176 valence electrons. The fourth-order valence-corrected chi connectivity index (χ4v) is 5.45. The maximum absolute atomic E-state index is 13.6. The van der Waals surface area contributed by atoms with E-state index in [1.165, 1.54) is 17.3 Å². The second kappa shape index (κ2) is 11.4. The van der Waals surface area contributed by atoms with Gasteiger partial charge in [-0.2, -0.15) is 5.26 Å². The van der Waals surface area contributed by atoms with E-state index >= 15 is 0 Å². The van der Waals surface area contributed by atoms with Gasteiger partial charge in [-0.25, -0.2) is 0 Å². The molecule has 2 fully saturated rings. The lowest BCUT2D eigenvalue weighted by Crippen LogP contribution is -2.42. The van der Waals surface area contributed by atoms with Crippen LogP contribution in [0.4, 0.5) is 5.69 Å². The molecular formula is C27H29N3O3S. The lowest BCUT2D eigenvalue weighted by Gasteiger charge is -2.27. The summed E-state index contributed by atoms with van der Waals surface area (Å²) >= 11 is 1.31. The Morgan fingerprint density at radius 1 is 1.09 bits per heavy atom. The number of para-hydroxylation sites is 1. The molecule has 2 aliphatic heterocycles. The summed E-state index contributed by atoms with van der Waals surface area (Å²) in [7, 11) is 0. The summed E-state index contributed by atoms with van der Waals surface area (Å²) < 4.78 is 5.35. The summed E-state index contributed by atoms with van der Waals surface area (Å²) in [5, 5.41) is 9.99. The second-order valence-electron chi connectivity index (χ2n) is 8.44. The van der Waals surface area contributed by atoms with Gasteiger partial charge >= 0.3 is 0 Å². The van der Waals surface area contributed by atoms with Gasteiger partial charge in [0.25, 0.3) is 5.91 Å². The summed E-state index contributed by atoms with van der Waals surface area (Å²) in [6, 6.07) is 19.8. The van der Waals surface area contributed by atoms with Gasteiger partial charge in [-0.1, -0.05) is 67.6 Å². The van der Waals surface area contributed by atoms with E-state index in [0.717, 1.165) is 24.8 Å². The molecule has 2 amide bonds. The predicted octanol–water partition coefficient (Wildman–Crippen LogP) is 4.31. The first-order valence-corrected chi connectivity index (χ1v) is 12.6. The quantitative estimate of drug-likeness (QED) is 0.441. The first kappa shape index (κ1) is 24.1. The van der Waals surface area contributed by atoms with Crippen LogP contribution in [0.5, 0.6) is 0 Å². The monoisotopic (exact) mass is 475 g/mol. The summed E-state index contributed by atoms with van der Waals surface area (Å²) in [4.78, 5) is 30.0. The van der Waals surface area contributed by atoms with Gasteiger partial charge in [-0.15, -0.1) is 0 Å². The van der Waals surface area contributed by atoms with E-state index in [2.05, 4.69) is 37.3 Å². The fraction of sp³-hybridized carbons (Fsp3) is 0.370. The number of ether oxygens (including phenoxy) is 1. The Bertz CT molecular complexity index is 1090. The van der Waals surface area contributed by atoms with Crippen molar-refractivity contribution in [3.05, 3.63) is 76.3 Å². The van der Waals surface area contributed by atoms with Crippen molar-refractivity contribution in [3.63, 3.8) is 0 Å². The van der Waals surface area contributed by atoms with Crippen LogP contribution in [0.1, 0.15) is 30.9 Å². The van der Waals surface area contributed by atoms with Crippen molar-refractivity contribution >= 4 is 29.3 Å². The minimum absolute atomic E-state index is 0.0153. The highest BCUT2D eigenvalue weighted by Crippen LogP contribution is 2.42. The highest BCUT2D eigenvalue weighted by Gasteiger charge is 2.41. The molecule has 0 aromatic heterocycles. The van der Waals surface area contributed by atoms with Gasteiger partial charge in [0.15, 0.2) is 0 Å². The summed E-state index contributed by atoms with van der Waals surface area (Å²) in [5.74, 6) is -0.452. The zero-order valence-corrected chi connectivity index (χ0v) is 20.2. The molecular weight excluding hydrogens is 446 g/mol. The SMILES string of the molecule is CCCCc1ccc(C[C@@H]2S/C(=C(\C#N)C(=O)N3CCOCC3)N(c3ccccc3)C2=O)cc1. The molecule has 4 rings (SSSR count). The van der Waals surface area contributed by atoms with E-state index < -0.39 is 5.25 Å². The van der Waals surface area contributed by atoms with E-state index in [4.69, 9.17) is 4.74 Å². The Morgan fingerprint density at radius 3 is 2.41 bits per heavy atom. The smallest absolute Gasteiger partial charge is 0.267 e. The van der Waals surface area contributed by atoms with Crippen molar-refractivity contribution in [2.75, 3.05) is 31.2 Å². The number of morpholine rings is 1. The number of amides is 2. The Labute approximate surface area is 205 Å². The Balaban J connectivity index is 1.63. The summed E-state index contributed by atoms with van der Waals surface area (Å²) in [6.45, 7) is 3.96. The number of hydrogen-bond acceptors (Lipinski definition) is 5. The molecule has 0 unspecified atom stereocenters. The van der Waals surface area contributed by atoms with Crippen LogP contribution in [0.2, 0.25) is 0 Å². The number of carbonyl (C=O) groups is 2. The minimum Gasteiger partial charge on any atom is -0.378 e. The van der Waals surface area contributed by atoms with Gasteiger partial charge in [0, 0.05) is 18.8 Å². The Hall–Kier alpha value is -3.08. The molecule has 2 aromatic carbocycles. The normalized spacial score (nSPS) is 19.8. The Kier molecular flexibility index (Phi) is 8.04. The number of rotatable bonds is 7. The van der Waals surface area contributed by atoms with Crippen molar-refractivity contribution in [2.45, 2.75) is 37.9 Å². The van der Waals surface area contributed by atoms with Crippen LogP contribution in [0.15, 0.2) is 65.2 Å². The van der Waals surface area contributed by atoms with Crippen LogP contribution in [0, 0.1) is 11.3 Å². The molecule has 7 heteroatoms. The fourth-order valence-electron chi connectivity index (χ4n) is 4.15. The molecule has 1 atom stereocenters. The van der Waals surface area contributed by atoms with Crippen molar-refractivity contribution in [2.24, 2.45) is 0 Å². The first-order valence-electron chi connectivity index (χ1n) is 11.8. The number of anilines is 1.